The van der Waals surface area contributed by atoms with Gasteiger partial charge in [0.1, 0.15) is 0 Å². The molecule has 2 N–H and O–H groups in total. The average Bonchev–Trinajstić information content (AvgIpc) is 2.34. The summed E-state index contributed by atoms with van der Waals surface area (Å²) in [5.74, 6) is 0. The van der Waals surface area contributed by atoms with Crippen LogP contribution in [0.5, 0.6) is 0 Å². The second-order valence-corrected chi connectivity index (χ2v) is 2.19. The third-order valence-electron chi connectivity index (χ3n) is 1.40. The normalized spacial score (nSPS) is 8.90. The van der Waals surface area contributed by atoms with E-state index < -0.39 is 0 Å². The second kappa shape index (κ2) is 6.05. The Morgan fingerprint density at radius 3 is 2.80 bits per heavy atom. The Morgan fingerprint density at radius 2 is 2.30 bits per heavy atom. The molecule has 0 saturated carbocycles. The van der Waals surface area contributed by atoms with Gasteiger partial charge in [0.15, 0.2) is 0 Å². The maximum atomic E-state index is 5.35. The maximum absolute atomic E-state index is 5.35. The smallest absolute Gasteiger partial charge is 0.330 e. The van der Waals surface area contributed by atoms with Gasteiger partial charge in [-0.25, -0.2) is 12.1 Å². The number of nitrogens with two attached hydrogens (primary N) is 1. The molecule has 1 nitrogen and oxygen atoms in total. The molecule has 0 unspecified atom stereocenters. The zero-order valence-corrected chi connectivity index (χ0v) is 8.51. The van der Waals surface area contributed by atoms with Crippen LogP contribution >= 0.6 is 0 Å². The molecule has 1 aromatic rings. The molecule has 0 radical (unpaired) electrons. The van der Waals surface area contributed by atoms with Crippen molar-refractivity contribution < 1.29 is 29.6 Å². The first-order valence-corrected chi connectivity index (χ1v) is 3.34. The van der Waals surface area contributed by atoms with Crippen molar-refractivity contribution in [1.82, 2.24) is 0 Å². The summed E-state index contributed by atoms with van der Waals surface area (Å²) in [5, 5.41) is 0. The molecule has 1 rings (SSSR count). The van der Waals surface area contributed by atoms with Crippen molar-refractivity contribution in [1.29, 1.82) is 0 Å². The standard InChI is InChI=1S/C8H12N.Na/c9-7-3-6-8-4-1-2-5-8;/h1-2,4-5H,3,6-7,9H2;/q-1;+1. The first-order valence-electron chi connectivity index (χ1n) is 3.34. The summed E-state index contributed by atoms with van der Waals surface area (Å²) < 4.78 is 0. The minimum atomic E-state index is 0. The first-order chi connectivity index (χ1) is 4.43. The van der Waals surface area contributed by atoms with E-state index in [1.54, 1.807) is 0 Å². The average molecular weight is 145 g/mol. The number of aryl methyl sites for hydroxylation is 1. The van der Waals surface area contributed by atoms with Crippen LogP contribution < -0.4 is 35.3 Å². The number of hydrogen-bond donors (Lipinski definition) is 1. The first kappa shape index (κ1) is 10.3. The van der Waals surface area contributed by atoms with Gasteiger partial charge in [0.2, 0.25) is 0 Å². The fraction of sp³-hybridized carbons (Fsp3) is 0.375. The molecule has 0 aliphatic rings. The molecule has 1 aromatic carbocycles. The molecule has 0 bridgehead atoms. The summed E-state index contributed by atoms with van der Waals surface area (Å²) >= 11 is 0. The predicted molar refractivity (Wildman–Crippen MR) is 39.4 cm³/mol. The monoisotopic (exact) mass is 145 g/mol. The topological polar surface area (TPSA) is 26.0 Å². The molecule has 0 amide bonds. The Balaban J connectivity index is 0.000000810. The van der Waals surface area contributed by atoms with Gasteiger partial charge in [-0.05, 0) is 13.0 Å². The molecule has 2 heteroatoms. The van der Waals surface area contributed by atoms with Crippen LogP contribution in [-0.4, -0.2) is 6.54 Å². The van der Waals surface area contributed by atoms with Gasteiger partial charge in [0.25, 0.3) is 0 Å². The van der Waals surface area contributed by atoms with E-state index >= 15 is 0 Å². The Kier molecular flexibility index (Phi) is 6.24. The van der Waals surface area contributed by atoms with E-state index in [9.17, 15) is 0 Å². The molecule has 0 heterocycles. The van der Waals surface area contributed by atoms with Crippen LogP contribution in [0.1, 0.15) is 12.0 Å². The van der Waals surface area contributed by atoms with E-state index in [1.807, 2.05) is 0 Å². The van der Waals surface area contributed by atoms with Crippen LogP contribution in [0.15, 0.2) is 24.3 Å². The quantitative estimate of drug-likeness (QED) is 0.398. The molecule has 0 fully saturated rings. The van der Waals surface area contributed by atoms with Gasteiger partial charge in [-0.3, -0.25) is 0 Å². The molecule has 0 saturated heterocycles. The number of hydrogen-bond acceptors (Lipinski definition) is 1. The maximum Gasteiger partial charge on any atom is 1.00 e. The molecule has 50 valence electrons. The van der Waals surface area contributed by atoms with E-state index in [4.69, 9.17) is 5.73 Å². The van der Waals surface area contributed by atoms with E-state index in [2.05, 4.69) is 24.3 Å². The van der Waals surface area contributed by atoms with Crippen molar-refractivity contribution in [3.8, 4) is 0 Å². The summed E-state index contributed by atoms with van der Waals surface area (Å²) in [5.41, 5.74) is 6.75. The van der Waals surface area contributed by atoms with Crippen LogP contribution in [-0.2, 0) is 6.42 Å². The molecule has 0 aliphatic carbocycles. The largest absolute Gasteiger partial charge is 1.00 e. The van der Waals surface area contributed by atoms with E-state index in [0.29, 0.717) is 0 Å². The van der Waals surface area contributed by atoms with Gasteiger partial charge in [-0.2, -0.15) is 17.7 Å². The Hall–Kier alpha value is 0.310. The third kappa shape index (κ3) is 3.47. The van der Waals surface area contributed by atoms with Crippen molar-refractivity contribution in [3.63, 3.8) is 0 Å². The van der Waals surface area contributed by atoms with E-state index in [0.717, 1.165) is 19.4 Å². The van der Waals surface area contributed by atoms with Gasteiger partial charge >= 0.3 is 29.6 Å². The zero-order valence-electron chi connectivity index (χ0n) is 6.51. The fourth-order valence-corrected chi connectivity index (χ4v) is 0.887. The molecule has 0 aliphatic heterocycles. The fourth-order valence-electron chi connectivity index (χ4n) is 0.887. The van der Waals surface area contributed by atoms with Crippen molar-refractivity contribution in [3.05, 3.63) is 29.8 Å². The van der Waals surface area contributed by atoms with Crippen LogP contribution in [0.25, 0.3) is 0 Å². The summed E-state index contributed by atoms with van der Waals surface area (Å²) in [7, 11) is 0. The number of rotatable bonds is 3. The molecular weight excluding hydrogens is 133 g/mol. The summed E-state index contributed by atoms with van der Waals surface area (Å²) in [6.07, 6.45) is 2.23. The summed E-state index contributed by atoms with van der Waals surface area (Å²) in [4.78, 5) is 0. The van der Waals surface area contributed by atoms with Gasteiger partial charge in [-0.15, -0.1) is 0 Å². The van der Waals surface area contributed by atoms with Crippen molar-refractivity contribution >= 4 is 0 Å². The van der Waals surface area contributed by atoms with Gasteiger partial charge < -0.3 is 5.73 Å². The Labute approximate surface area is 84.3 Å². The van der Waals surface area contributed by atoms with Crippen LogP contribution in [0.2, 0.25) is 0 Å². The van der Waals surface area contributed by atoms with Gasteiger partial charge in [-0.1, -0.05) is 6.42 Å². The van der Waals surface area contributed by atoms with E-state index in [1.165, 1.54) is 5.56 Å². The van der Waals surface area contributed by atoms with Crippen LogP contribution in [0.3, 0.4) is 0 Å². The molecule has 0 aromatic heterocycles. The van der Waals surface area contributed by atoms with Crippen LogP contribution in [0, 0.1) is 0 Å². The molecule has 0 spiro atoms. The third-order valence-corrected chi connectivity index (χ3v) is 1.40. The van der Waals surface area contributed by atoms with Crippen molar-refractivity contribution in [2.45, 2.75) is 12.8 Å². The van der Waals surface area contributed by atoms with Gasteiger partial charge in [0, 0.05) is 0 Å². The van der Waals surface area contributed by atoms with Gasteiger partial charge in [0.05, 0.1) is 0 Å². The predicted octanol–water partition coefficient (Wildman–Crippen LogP) is -1.70. The summed E-state index contributed by atoms with van der Waals surface area (Å²) in [6, 6.07) is 8.39. The molecular formula is C8H12NNa. The van der Waals surface area contributed by atoms with Crippen molar-refractivity contribution in [2.75, 3.05) is 6.54 Å². The van der Waals surface area contributed by atoms with Crippen LogP contribution in [0.4, 0.5) is 0 Å². The Morgan fingerprint density at radius 1 is 1.50 bits per heavy atom. The minimum Gasteiger partial charge on any atom is -0.330 e. The van der Waals surface area contributed by atoms with Crippen molar-refractivity contribution in [2.24, 2.45) is 5.73 Å². The second-order valence-electron chi connectivity index (χ2n) is 2.19. The Bertz CT molecular complexity index is 146. The zero-order chi connectivity index (χ0) is 6.53. The SMILES string of the molecule is NCCCc1ccc[cH-]1.[Na+]. The molecule has 0 atom stereocenters. The minimum absolute atomic E-state index is 0. The molecule has 10 heavy (non-hydrogen) atoms. The van der Waals surface area contributed by atoms with E-state index in [-0.39, 0.29) is 29.6 Å². The summed E-state index contributed by atoms with van der Waals surface area (Å²) in [6.45, 7) is 0.797.